The van der Waals surface area contributed by atoms with Crippen molar-refractivity contribution in [1.82, 2.24) is 5.32 Å². The minimum absolute atomic E-state index is 1.04. The molecule has 0 aliphatic heterocycles. The van der Waals surface area contributed by atoms with E-state index in [4.69, 9.17) is 0 Å². The zero-order valence-electron chi connectivity index (χ0n) is 7.93. The molecule has 0 amide bonds. The highest BCUT2D eigenvalue weighted by Crippen LogP contribution is 2.11. The summed E-state index contributed by atoms with van der Waals surface area (Å²) in [6.07, 6.45) is 12.2. The Labute approximate surface area is 74.9 Å². The van der Waals surface area contributed by atoms with Gasteiger partial charge < -0.3 is 5.32 Å². The summed E-state index contributed by atoms with van der Waals surface area (Å²) in [7, 11) is 1.98. The van der Waals surface area contributed by atoms with Crippen molar-refractivity contribution >= 4 is 0 Å². The largest absolute Gasteiger partial charge is 0.391 e. The van der Waals surface area contributed by atoms with Crippen LogP contribution in [-0.4, -0.2) is 7.05 Å². The van der Waals surface area contributed by atoms with Crippen molar-refractivity contribution in [1.29, 1.82) is 0 Å². The van der Waals surface area contributed by atoms with E-state index in [1.54, 1.807) is 0 Å². The van der Waals surface area contributed by atoms with Gasteiger partial charge in [0, 0.05) is 19.2 Å². The smallest absolute Gasteiger partial charge is 0.0105 e. The van der Waals surface area contributed by atoms with Crippen LogP contribution >= 0.6 is 0 Å². The van der Waals surface area contributed by atoms with Gasteiger partial charge in [-0.25, -0.2) is 0 Å². The van der Waals surface area contributed by atoms with Gasteiger partial charge in [-0.1, -0.05) is 36.8 Å². The van der Waals surface area contributed by atoms with E-state index in [1.165, 1.54) is 11.3 Å². The number of allylic oxidation sites excluding steroid dienone is 5. The SMILES string of the molecule is CC/C1=C/CC=C(NC)CC=C1. The first kappa shape index (κ1) is 9.11. The molecule has 0 aromatic carbocycles. The lowest BCUT2D eigenvalue weighted by Crippen LogP contribution is -2.05. The Kier molecular flexibility index (Phi) is 3.65. The summed E-state index contributed by atoms with van der Waals surface area (Å²) in [5, 5.41) is 3.19. The lowest BCUT2D eigenvalue weighted by molar-refractivity contribution is 0.920. The molecular formula is C11H17N. The highest BCUT2D eigenvalue weighted by atomic mass is 14.8. The fourth-order valence-electron chi connectivity index (χ4n) is 1.31. The molecule has 0 saturated carbocycles. The molecule has 1 N–H and O–H groups in total. The molecule has 0 atom stereocenters. The van der Waals surface area contributed by atoms with E-state index in [0.29, 0.717) is 0 Å². The number of nitrogens with one attached hydrogen (secondary N) is 1. The van der Waals surface area contributed by atoms with Crippen LogP contribution in [0.15, 0.2) is 35.6 Å². The molecule has 0 aromatic rings. The lowest BCUT2D eigenvalue weighted by atomic mass is 10.1. The van der Waals surface area contributed by atoms with Crippen LogP contribution in [0.1, 0.15) is 26.2 Å². The maximum atomic E-state index is 3.19. The maximum Gasteiger partial charge on any atom is 0.0105 e. The maximum absolute atomic E-state index is 3.19. The summed E-state index contributed by atoms with van der Waals surface area (Å²) < 4.78 is 0. The van der Waals surface area contributed by atoms with Gasteiger partial charge in [-0.2, -0.15) is 0 Å². The highest BCUT2D eigenvalue weighted by molar-refractivity contribution is 5.23. The normalized spacial score (nSPS) is 21.8. The van der Waals surface area contributed by atoms with Gasteiger partial charge in [-0.3, -0.25) is 0 Å². The predicted octanol–water partition coefficient (Wildman–Crippen LogP) is 2.78. The van der Waals surface area contributed by atoms with Gasteiger partial charge in [0.15, 0.2) is 0 Å². The van der Waals surface area contributed by atoms with Crippen LogP contribution in [0.4, 0.5) is 0 Å². The first-order valence-corrected chi connectivity index (χ1v) is 4.59. The molecule has 0 fully saturated rings. The molecule has 1 nitrogen and oxygen atoms in total. The van der Waals surface area contributed by atoms with Crippen LogP contribution in [0.3, 0.4) is 0 Å². The molecule has 0 unspecified atom stereocenters. The third-order valence-electron chi connectivity index (χ3n) is 2.14. The summed E-state index contributed by atoms with van der Waals surface area (Å²) >= 11 is 0. The highest BCUT2D eigenvalue weighted by Gasteiger charge is 1.94. The van der Waals surface area contributed by atoms with Crippen LogP contribution in [0, 0.1) is 0 Å². The summed E-state index contributed by atoms with van der Waals surface area (Å²) in [5.74, 6) is 0. The van der Waals surface area contributed by atoms with E-state index in [0.717, 1.165) is 19.3 Å². The molecule has 0 radical (unpaired) electrons. The van der Waals surface area contributed by atoms with E-state index in [9.17, 15) is 0 Å². The van der Waals surface area contributed by atoms with Crippen molar-refractivity contribution < 1.29 is 0 Å². The molecular weight excluding hydrogens is 146 g/mol. The van der Waals surface area contributed by atoms with E-state index in [-0.39, 0.29) is 0 Å². The van der Waals surface area contributed by atoms with Crippen molar-refractivity contribution in [2.45, 2.75) is 26.2 Å². The van der Waals surface area contributed by atoms with Gasteiger partial charge in [-0.05, 0) is 12.8 Å². The number of rotatable bonds is 2. The van der Waals surface area contributed by atoms with Crippen molar-refractivity contribution in [3.63, 3.8) is 0 Å². The summed E-state index contributed by atoms with van der Waals surface area (Å²) in [6.45, 7) is 2.19. The topological polar surface area (TPSA) is 12.0 Å². The summed E-state index contributed by atoms with van der Waals surface area (Å²) in [4.78, 5) is 0. The Balaban J connectivity index is 2.65. The molecule has 1 aliphatic rings. The zero-order valence-corrected chi connectivity index (χ0v) is 7.93. The van der Waals surface area contributed by atoms with Crippen molar-refractivity contribution in [2.24, 2.45) is 0 Å². The molecule has 12 heavy (non-hydrogen) atoms. The molecule has 0 bridgehead atoms. The first-order valence-electron chi connectivity index (χ1n) is 4.59. The monoisotopic (exact) mass is 163 g/mol. The van der Waals surface area contributed by atoms with E-state index in [1.807, 2.05) is 7.05 Å². The van der Waals surface area contributed by atoms with E-state index in [2.05, 4.69) is 36.5 Å². The fraction of sp³-hybridized carbons (Fsp3) is 0.455. The molecule has 66 valence electrons. The average Bonchev–Trinajstić information content (AvgIpc) is 2.05. The molecule has 0 saturated heterocycles. The molecule has 1 aliphatic carbocycles. The second-order valence-electron chi connectivity index (χ2n) is 2.95. The molecule has 0 aromatic heterocycles. The van der Waals surface area contributed by atoms with Gasteiger partial charge in [0.2, 0.25) is 0 Å². The van der Waals surface area contributed by atoms with Gasteiger partial charge >= 0.3 is 0 Å². The summed E-state index contributed by atoms with van der Waals surface area (Å²) in [5.41, 5.74) is 2.76. The standard InChI is InChI=1S/C11H17N/c1-3-10-6-4-8-11(12-2)9-5-7-10/h4,6-7,9,12H,3,5,8H2,1-2H3/b6-4?,10-7-,11-9?. The quantitative estimate of drug-likeness (QED) is 0.660. The van der Waals surface area contributed by atoms with Crippen LogP contribution in [0.5, 0.6) is 0 Å². The third kappa shape index (κ3) is 2.57. The molecule has 1 heteroatoms. The molecule has 1 rings (SSSR count). The summed E-state index contributed by atoms with van der Waals surface area (Å²) in [6, 6.07) is 0. The first-order chi connectivity index (χ1) is 5.86. The second kappa shape index (κ2) is 4.81. The van der Waals surface area contributed by atoms with Crippen molar-refractivity contribution in [2.75, 3.05) is 7.05 Å². The van der Waals surface area contributed by atoms with Gasteiger partial charge in [0.1, 0.15) is 0 Å². The van der Waals surface area contributed by atoms with E-state index < -0.39 is 0 Å². The molecule has 0 spiro atoms. The fourth-order valence-corrected chi connectivity index (χ4v) is 1.31. The van der Waals surface area contributed by atoms with Crippen LogP contribution in [-0.2, 0) is 0 Å². The van der Waals surface area contributed by atoms with Gasteiger partial charge in [0.25, 0.3) is 0 Å². The Hall–Kier alpha value is -0.980. The van der Waals surface area contributed by atoms with Gasteiger partial charge in [0.05, 0.1) is 0 Å². The minimum atomic E-state index is 1.04. The van der Waals surface area contributed by atoms with Crippen molar-refractivity contribution in [3.05, 3.63) is 35.6 Å². The van der Waals surface area contributed by atoms with Crippen LogP contribution in [0.2, 0.25) is 0 Å². The Bertz CT molecular complexity index is 221. The number of hydrogen-bond donors (Lipinski definition) is 1. The second-order valence-corrected chi connectivity index (χ2v) is 2.95. The van der Waals surface area contributed by atoms with E-state index >= 15 is 0 Å². The lowest BCUT2D eigenvalue weighted by Gasteiger charge is -2.06. The average molecular weight is 163 g/mol. The third-order valence-corrected chi connectivity index (χ3v) is 2.14. The minimum Gasteiger partial charge on any atom is -0.391 e. The van der Waals surface area contributed by atoms with Crippen LogP contribution in [0.25, 0.3) is 0 Å². The van der Waals surface area contributed by atoms with Gasteiger partial charge in [-0.15, -0.1) is 0 Å². The zero-order chi connectivity index (χ0) is 8.81. The van der Waals surface area contributed by atoms with Crippen molar-refractivity contribution in [3.8, 4) is 0 Å². The number of hydrogen-bond acceptors (Lipinski definition) is 1. The Morgan fingerprint density at radius 3 is 2.92 bits per heavy atom. The Morgan fingerprint density at radius 1 is 1.42 bits per heavy atom. The molecule has 0 heterocycles. The Morgan fingerprint density at radius 2 is 2.25 bits per heavy atom. The van der Waals surface area contributed by atoms with Crippen LogP contribution < -0.4 is 5.32 Å². The predicted molar refractivity (Wildman–Crippen MR) is 53.9 cm³/mol.